The van der Waals surface area contributed by atoms with Crippen molar-refractivity contribution in [1.82, 2.24) is 0 Å². The first-order valence-corrected chi connectivity index (χ1v) is 8.80. The average Bonchev–Trinajstić information content (AvgIpc) is 2.59. The second kappa shape index (κ2) is 6.70. The molecule has 0 aromatic heterocycles. The normalized spacial score (nSPS) is 10.8. The number of nitriles is 1. The van der Waals surface area contributed by atoms with Crippen molar-refractivity contribution in [2.24, 2.45) is 0 Å². The molecule has 128 valence electrons. The highest BCUT2D eigenvalue weighted by atomic mass is 32.2. The number of amides is 1. The van der Waals surface area contributed by atoms with E-state index in [0.29, 0.717) is 11.3 Å². The molecule has 0 aliphatic rings. The molecule has 0 atom stereocenters. The van der Waals surface area contributed by atoms with Crippen molar-refractivity contribution in [3.8, 4) is 6.07 Å². The molecule has 0 fully saturated rings. The van der Waals surface area contributed by atoms with E-state index in [2.05, 4.69) is 0 Å². The van der Waals surface area contributed by atoms with Gasteiger partial charge in [-0.1, -0.05) is 6.07 Å². The minimum absolute atomic E-state index is 0.139. The van der Waals surface area contributed by atoms with Crippen LogP contribution < -0.4 is 4.90 Å². The maximum Gasteiger partial charge on any atom is 0.271 e. The molecule has 2 rings (SSSR count). The number of benzene rings is 2. The lowest BCUT2D eigenvalue weighted by Crippen LogP contribution is -2.26. The zero-order valence-electron chi connectivity index (χ0n) is 13.3. The van der Waals surface area contributed by atoms with Crippen LogP contribution in [-0.4, -0.2) is 32.6 Å². The molecule has 0 radical (unpaired) electrons. The number of rotatable bonds is 4. The van der Waals surface area contributed by atoms with Crippen molar-refractivity contribution in [3.05, 3.63) is 63.7 Å². The molecule has 2 aromatic carbocycles. The lowest BCUT2D eigenvalue weighted by atomic mass is 10.1. The number of nitro groups is 1. The molecular weight excluding hydrogens is 346 g/mol. The maximum absolute atomic E-state index is 12.6. The Morgan fingerprint density at radius 1 is 1.24 bits per heavy atom. The third-order valence-electron chi connectivity index (χ3n) is 3.44. The number of sulfone groups is 1. The van der Waals surface area contributed by atoms with Gasteiger partial charge in [0.05, 0.1) is 21.5 Å². The van der Waals surface area contributed by atoms with Crippen LogP contribution in [0.3, 0.4) is 0 Å². The number of nitro benzene ring substituents is 1. The highest BCUT2D eigenvalue weighted by Gasteiger charge is 2.21. The maximum atomic E-state index is 12.6. The highest BCUT2D eigenvalue weighted by Crippen LogP contribution is 2.24. The molecule has 0 saturated carbocycles. The summed E-state index contributed by atoms with van der Waals surface area (Å²) in [5.41, 5.74) is 0.106. The fourth-order valence-electron chi connectivity index (χ4n) is 2.12. The molecule has 8 nitrogen and oxygen atoms in total. The summed E-state index contributed by atoms with van der Waals surface area (Å²) < 4.78 is 23.4. The van der Waals surface area contributed by atoms with Gasteiger partial charge in [-0.25, -0.2) is 8.42 Å². The second-order valence-corrected chi connectivity index (χ2v) is 7.29. The Morgan fingerprint density at radius 3 is 2.48 bits per heavy atom. The summed E-state index contributed by atoms with van der Waals surface area (Å²) in [7, 11) is -2.31. The molecule has 0 aliphatic carbocycles. The Labute approximate surface area is 144 Å². The van der Waals surface area contributed by atoms with E-state index >= 15 is 0 Å². The van der Waals surface area contributed by atoms with Crippen molar-refractivity contribution in [3.63, 3.8) is 0 Å². The number of carbonyl (C=O) groups excluding carboxylic acids is 1. The topological polar surface area (TPSA) is 121 Å². The molecule has 1 amide bonds. The number of hydrogen-bond acceptors (Lipinski definition) is 6. The minimum Gasteiger partial charge on any atom is -0.311 e. The van der Waals surface area contributed by atoms with E-state index in [1.54, 1.807) is 18.2 Å². The van der Waals surface area contributed by atoms with Crippen molar-refractivity contribution >= 4 is 27.1 Å². The highest BCUT2D eigenvalue weighted by molar-refractivity contribution is 7.90. The molecule has 0 aliphatic heterocycles. The lowest BCUT2D eigenvalue weighted by Gasteiger charge is -2.18. The summed E-state index contributed by atoms with van der Waals surface area (Å²) in [6.07, 6.45) is 0.903. The van der Waals surface area contributed by atoms with Crippen molar-refractivity contribution in [1.29, 1.82) is 5.26 Å². The van der Waals surface area contributed by atoms with Crippen molar-refractivity contribution in [2.75, 3.05) is 18.2 Å². The summed E-state index contributed by atoms with van der Waals surface area (Å²) in [6.45, 7) is 0. The van der Waals surface area contributed by atoms with Gasteiger partial charge in [-0.2, -0.15) is 5.26 Å². The number of non-ortho nitro benzene ring substituents is 1. The molecule has 0 spiro atoms. The SMILES string of the molecule is CN(C(=O)c1cc([N+](=O)[O-])cc(S(C)(=O)=O)c1)c1cccc(C#N)c1. The van der Waals surface area contributed by atoms with E-state index in [-0.39, 0.29) is 10.5 Å². The number of hydrogen-bond donors (Lipinski definition) is 0. The summed E-state index contributed by atoms with van der Waals surface area (Å²) in [4.78, 5) is 23.8. The Balaban J connectivity index is 2.52. The van der Waals surface area contributed by atoms with E-state index in [0.717, 1.165) is 24.5 Å². The van der Waals surface area contributed by atoms with Crippen LogP contribution in [0.25, 0.3) is 0 Å². The Morgan fingerprint density at radius 2 is 1.92 bits per heavy atom. The van der Waals surface area contributed by atoms with E-state index in [1.807, 2.05) is 6.07 Å². The fraction of sp³-hybridized carbons (Fsp3) is 0.125. The predicted octanol–water partition coefficient (Wildman–Crippen LogP) is 2.15. The van der Waals surface area contributed by atoms with E-state index < -0.39 is 26.4 Å². The Hall–Kier alpha value is -3.25. The summed E-state index contributed by atoms with van der Waals surface area (Å²) in [5.74, 6) is -0.635. The van der Waals surface area contributed by atoms with E-state index in [1.165, 1.54) is 18.0 Å². The van der Waals surface area contributed by atoms with Gasteiger partial charge >= 0.3 is 0 Å². The third-order valence-corrected chi connectivity index (χ3v) is 4.54. The van der Waals surface area contributed by atoms with Crippen LogP contribution in [-0.2, 0) is 9.84 Å². The van der Waals surface area contributed by atoms with Gasteiger partial charge < -0.3 is 4.90 Å². The number of anilines is 1. The fourth-order valence-corrected chi connectivity index (χ4v) is 2.80. The zero-order valence-corrected chi connectivity index (χ0v) is 14.1. The van der Waals surface area contributed by atoms with Crippen molar-refractivity contribution < 1.29 is 18.1 Å². The molecule has 25 heavy (non-hydrogen) atoms. The van der Waals surface area contributed by atoms with E-state index in [4.69, 9.17) is 5.26 Å². The lowest BCUT2D eigenvalue weighted by molar-refractivity contribution is -0.385. The molecule has 0 heterocycles. The monoisotopic (exact) mass is 359 g/mol. The standard InChI is InChI=1S/C16H13N3O5S/c1-18(13-5-3-4-11(6-13)10-17)16(20)12-7-14(19(21)22)9-15(8-12)25(2,23)24/h3-9H,1-2H3. The average molecular weight is 359 g/mol. The van der Waals surface area contributed by atoms with Gasteiger partial charge in [0.15, 0.2) is 9.84 Å². The third kappa shape index (κ3) is 3.99. The van der Waals surface area contributed by atoms with Gasteiger partial charge in [-0.3, -0.25) is 14.9 Å². The van der Waals surface area contributed by atoms with Crippen LogP contribution in [0.1, 0.15) is 15.9 Å². The molecule has 0 unspecified atom stereocenters. The van der Waals surface area contributed by atoms with Crippen LogP contribution in [0.4, 0.5) is 11.4 Å². The van der Waals surface area contributed by atoms with Crippen LogP contribution in [0.2, 0.25) is 0 Å². The Kier molecular flexibility index (Phi) is 4.85. The van der Waals surface area contributed by atoms with Crippen LogP contribution in [0.15, 0.2) is 47.4 Å². The molecular formula is C16H13N3O5S. The number of carbonyl (C=O) groups is 1. The molecule has 2 aromatic rings. The summed E-state index contributed by atoms with van der Waals surface area (Å²) in [5, 5.41) is 20.0. The van der Waals surface area contributed by atoms with E-state index in [9.17, 15) is 23.3 Å². The largest absolute Gasteiger partial charge is 0.311 e. The molecule has 9 heteroatoms. The number of nitrogens with zero attached hydrogens (tertiary/aromatic N) is 3. The summed E-state index contributed by atoms with van der Waals surface area (Å²) in [6, 6.07) is 11.2. The van der Waals surface area contributed by atoms with Crippen LogP contribution in [0.5, 0.6) is 0 Å². The first-order chi connectivity index (χ1) is 11.6. The quantitative estimate of drug-likeness (QED) is 0.609. The van der Waals surface area contributed by atoms with Crippen LogP contribution >= 0.6 is 0 Å². The van der Waals surface area contributed by atoms with Gasteiger partial charge in [0.2, 0.25) is 0 Å². The molecule has 0 N–H and O–H groups in total. The van der Waals surface area contributed by atoms with Gasteiger partial charge in [-0.15, -0.1) is 0 Å². The van der Waals surface area contributed by atoms with Gasteiger partial charge in [0.1, 0.15) is 0 Å². The minimum atomic E-state index is -3.73. The first-order valence-electron chi connectivity index (χ1n) is 6.91. The van der Waals surface area contributed by atoms with Crippen LogP contribution in [0, 0.1) is 21.4 Å². The Bertz CT molecular complexity index is 1010. The second-order valence-electron chi connectivity index (χ2n) is 5.27. The zero-order chi connectivity index (χ0) is 18.8. The summed E-state index contributed by atoms with van der Waals surface area (Å²) >= 11 is 0. The van der Waals surface area contributed by atoms with Gasteiger partial charge in [-0.05, 0) is 24.3 Å². The van der Waals surface area contributed by atoms with Crippen molar-refractivity contribution in [2.45, 2.75) is 4.90 Å². The van der Waals surface area contributed by atoms with Gasteiger partial charge in [0.25, 0.3) is 11.6 Å². The molecule has 0 bridgehead atoms. The smallest absolute Gasteiger partial charge is 0.271 e. The molecule has 0 saturated heterocycles. The predicted molar refractivity (Wildman–Crippen MR) is 90.1 cm³/mol. The first kappa shape index (κ1) is 18.1. The van der Waals surface area contributed by atoms with Gasteiger partial charge in [0, 0.05) is 36.7 Å².